The van der Waals surface area contributed by atoms with Crippen molar-refractivity contribution in [2.75, 3.05) is 11.1 Å². The molecular formula is C14H15N3. The maximum absolute atomic E-state index is 5.95. The molecule has 86 valence electrons. The van der Waals surface area contributed by atoms with E-state index < -0.39 is 0 Å². The van der Waals surface area contributed by atoms with Crippen LogP contribution < -0.4 is 11.1 Å². The molecular weight excluding hydrogens is 210 g/mol. The van der Waals surface area contributed by atoms with Crippen LogP contribution in [0, 0.1) is 0 Å². The number of hydrogen-bond donors (Lipinski definition) is 2. The molecule has 1 aliphatic carbocycles. The van der Waals surface area contributed by atoms with Crippen molar-refractivity contribution in [1.82, 2.24) is 4.98 Å². The third kappa shape index (κ3) is 1.84. The summed E-state index contributed by atoms with van der Waals surface area (Å²) in [5.74, 6) is 0. The second-order valence-corrected chi connectivity index (χ2v) is 4.41. The average molecular weight is 225 g/mol. The molecule has 1 heterocycles. The fourth-order valence-electron chi connectivity index (χ4n) is 2.29. The summed E-state index contributed by atoms with van der Waals surface area (Å²) in [6, 6.07) is 6.51. The number of hydrogen-bond acceptors (Lipinski definition) is 3. The van der Waals surface area contributed by atoms with E-state index in [1.54, 1.807) is 6.20 Å². The third-order valence-electron chi connectivity index (χ3n) is 3.22. The van der Waals surface area contributed by atoms with E-state index in [1.807, 2.05) is 18.3 Å². The maximum atomic E-state index is 5.95. The summed E-state index contributed by atoms with van der Waals surface area (Å²) in [6.45, 7) is 0. The lowest BCUT2D eigenvalue weighted by Gasteiger charge is -2.16. The highest BCUT2D eigenvalue weighted by atomic mass is 14.9. The molecule has 0 bridgehead atoms. The normalized spacial score (nSPS) is 15.5. The van der Waals surface area contributed by atoms with Crippen molar-refractivity contribution in [3.63, 3.8) is 0 Å². The quantitative estimate of drug-likeness (QED) is 0.610. The molecule has 0 amide bonds. The predicted molar refractivity (Wildman–Crippen MR) is 71.9 cm³/mol. The van der Waals surface area contributed by atoms with E-state index >= 15 is 0 Å². The van der Waals surface area contributed by atoms with Gasteiger partial charge in [0.1, 0.15) is 0 Å². The highest BCUT2D eigenvalue weighted by Crippen LogP contribution is 2.29. The molecule has 3 N–H and O–H groups in total. The molecule has 3 nitrogen and oxygen atoms in total. The molecule has 0 unspecified atom stereocenters. The lowest BCUT2D eigenvalue weighted by atomic mass is 10.1. The van der Waals surface area contributed by atoms with Crippen molar-refractivity contribution < 1.29 is 0 Å². The fourth-order valence-corrected chi connectivity index (χ4v) is 2.29. The summed E-state index contributed by atoms with van der Waals surface area (Å²) in [6.07, 6.45) is 10.3. The summed E-state index contributed by atoms with van der Waals surface area (Å²) < 4.78 is 0. The first-order chi connectivity index (χ1) is 8.34. The van der Waals surface area contributed by atoms with Crippen molar-refractivity contribution in [3.8, 4) is 0 Å². The third-order valence-corrected chi connectivity index (χ3v) is 3.22. The molecule has 0 saturated heterocycles. The second kappa shape index (κ2) is 4.09. The van der Waals surface area contributed by atoms with Gasteiger partial charge in [-0.25, -0.2) is 0 Å². The van der Waals surface area contributed by atoms with Crippen LogP contribution in [0.5, 0.6) is 0 Å². The molecule has 0 fully saturated rings. The summed E-state index contributed by atoms with van der Waals surface area (Å²) in [4.78, 5) is 4.13. The summed E-state index contributed by atoms with van der Waals surface area (Å²) in [5.41, 5.74) is 7.88. The number of aromatic nitrogens is 1. The molecule has 3 rings (SSSR count). The van der Waals surface area contributed by atoms with Gasteiger partial charge in [-0.2, -0.15) is 0 Å². The zero-order valence-corrected chi connectivity index (χ0v) is 9.56. The van der Waals surface area contributed by atoms with Crippen LogP contribution in [0.3, 0.4) is 0 Å². The standard InChI is InChI=1S/C14H15N3/c15-13-5-6-14(17-10-3-1-2-4-10)11-7-8-16-9-12(11)13/h1-2,5-10,17H,3-4,15H2. The largest absolute Gasteiger partial charge is 0.398 e. The first-order valence-electron chi connectivity index (χ1n) is 5.88. The van der Waals surface area contributed by atoms with E-state index in [0.717, 1.165) is 35.0 Å². The van der Waals surface area contributed by atoms with E-state index in [0.29, 0.717) is 6.04 Å². The Morgan fingerprint density at radius 1 is 1.12 bits per heavy atom. The number of fused-ring (bicyclic) bond motifs is 1. The highest BCUT2D eigenvalue weighted by molar-refractivity contribution is 6.00. The van der Waals surface area contributed by atoms with Crippen LogP contribution in [0.4, 0.5) is 11.4 Å². The van der Waals surface area contributed by atoms with E-state index in [9.17, 15) is 0 Å². The Labute approximate surface area is 100 Å². The van der Waals surface area contributed by atoms with Gasteiger partial charge in [0.25, 0.3) is 0 Å². The zero-order chi connectivity index (χ0) is 11.7. The van der Waals surface area contributed by atoms with Gasteiger partial charge in [0.2, 0.25) is 0 Å². The van der Waals surface area contributed by atoms with Crippen LogP contribution in [-0.4, -0.2) is 11.0 Å². The SMILES string of the molecule is Nc1ccc(NC2CC=CC2)c2ccncc12. The molecule has 2 aromatic rings. The van der Waals surface area contributed by atoms with Crippen LogP contribution in [0.1, 0.15) is 12.8 Å². The van der Waals surface area contributed by atoms with Crippen molar-refractivity contribution in [1.29, 1.82) is 0 Å². The molecule has 17 heavy (non-hydrogen) atoms. The Hall–Kier alpha value is -2.03. The van der Waals surface area contributed by atoms with Gasteiger partial charge in [0.05, 0.1) is 0 Å². The summed E-state index contributed by atoms with van der Waals surface area (Å²) in [7, 11) is 0. The fraction of sp³-hybridized carbons (Fsp3) is 0.214. The molecule has 0 aliphatic heterocycles. The Morgan fingerprint density at radius 2 is 1.94 bits per heavy atom. The van der Waals surface area contributed by atoms with Gasteiger partial charge in [-0.1, -0.05) is 12.2 Å². The topological polar surface area (TPSA) is 50.9 Å². The first-order valence-corrected chi connectivity index (χ1v) is 5.88. The number of rotatable bonds is 2. The number of nitrogen functional groups attached to an aromatic ring is 1. The lowest BCUT2D eigenvalue weighted by Crippen LogP contribution is -2.15. The number of nitrogens with two attached hydrogens (primary N) is 1. The van der Waals surface area contributed by atoms with Crippen LogP contribution in [0.2, 0.25) is 0 Å². The van der Waals surface area contributed by atoms with Crippen LogP contribution in [-0.2, 0) is 0 Å². The maximum Gasteiger partial charge on any atom is 0.0424 e. The number of anilines is 2. The lowest BCUT2D eigenvalue weighted by molar-refractivity contribution is 0.788. The Kier molecular flexibility index (Phi) is 2.44. The molecule has 1 aliphatic rings. The Morgan fingerprint density at radius 3 is 2.76 bits per heavy atom. The molecule has 1 aromatic heterocycles. The molecule has 0 radical (unpaired) electrons. The molecule has 0 atom stereocenters. The number of benzene rings is 1. The van der Waals surface area contributed by atoms with Gasteiger partial charge in [0.15, 0.2) is 0 Å². The second-order valence-electron chi connectivity index (χ2n) is 4.41. The van der Waals surface area contributed by atoms with Crippen molar-refractivity contribution >= 4 is 22.1 Å². The summed E-state index contributed by atoms with van der Waals surface area (Å²) >= 11 is 0. The highest BCUT2D eigenvalue weighted by Gasteiger charge is 2.11. The van der Waals surface area contributed by atoms with Gasteiger partial charge in [-0.15, -0.1) is 0 Å². The van der Waals surface area contributed by atoms with E-state index in [-0.39, 0.29) is 0 Å². The van der Waals surface area contributed by atoms with E-state index in [4.69, 9.17) is 5.73 Å². The van der Waals surface area contributed by atoms with Gasteiger partial charge in [-0.3, -0.25) is 4.98 Å². The minimum absolute atomic E-state index is 0.509. The van der Waals surface area contributed by atoms with Crippen molar-refractivity contribution in [2.45, 2.75) is 18.9 Å². The first kappa shape index (κ1) is 10.1. The average Bonchev–Trinajstić information content (AvgIpc) is 2.86. The minimum Gasteiger partial charge on any atom is -0.398 e. The molecule has 0 spiro atoms. The van der Waals surface area contributed by atoms with Gasteiger partial charge < -0.3 is 11.1 Å². The Balaban J connectivity index is 2.01. The van der Waals surface area contributed by atoms with Crippen LogP contribution in [0.15, 0.2) is 42.7 Å². The van der Waals surface area contributed by atoms with E-state index in [1.165, 1.54) is 0 Å². The Bertz CT molecular complexity index is 567. The van der Waals surface area contributed by atoms with Crippen molar-refractivity contribution in [2.24, 2.45) is 0 Å². The number of nitrogens with one attached hydrogen (secondary N) is 1. The van der Waals surface area contributed by atoms with Crippen molar-refractivity contribution in [3.05, 3.63) is 42.7 Å². The predicted octanol–water partition coefficient (Wildman–Crippen LogP) is 2.95. The smallest absolute Gasteiger partial charge is 0.0424 e. The van der Waals surface area contributed by atoms with E-state index in [2.05, 4.69) is 28.5 Å². The monoisotopic (exact) mass is 225 g/mol. The van der Waals surface area contributed by atoms with Gasteiger partial charge >= 0.3 is 0 Å². The molecule has 1 aromatic carbocycles. The van der Waals surface area contributed by atoms with Gasteiger partial charge in [-0.05, 0) is 31.0 Å². The molecule has 0 saturated carbocycles. The minimum atomic E-state index is 0.509. The van der Waals surface area contributed by atoms with Crippen LogP contribution >= 0.6 is 0 Å². The zero-order valence-electron chi connectivity index (χ0n) is 9.56. The molecule has 3 heteroatoms. The van der Waals surface area contributed by atoms with Gasteiger partial charge in [0, 0.05) is 40.6 Å². The number of nitrogens with zero attached hydrogens (tertiary/aromatic N) is 1. The summed E-state index contributed by atoms with van der Waals surface area (Å²) in [5, 5.41) is 5.73. The van der Waals surface area contributed by atoms with Crippen LogP contribution in [0.25, 0.3) is 10.8 Å². The number of pyridine rings is 1.